The Bertz CT molecular complexity index is 1180. The minimum absolute atomic E-state index is 0.135. The van der Waals surface area contributed by atoms with E-state index in [1.165, 1.54) is 19.3 Å². The van der Waals surface area contributed by atoms with E-state index in [-0.39, 0.29) is 5.95 Å². The van der Waals surface area contributed by atoms with Crippen molar-refractivity contribution in [2.45, 2.75) is 32.1 Å². The van der Waals surface area contributed by atoms with Crippen LogP contribution in [0.2, 0.25) is 0 Å². The number of furan rings is 1. The summed E-state index contributed by atoms with van der Waals surface area (Å²) in [5.74, 6) is 0.745. The summed E-state index contributed by atoms with van der Waals surface area (Å²) in [7, 11) is 0. The second-order valence-corrected chi connectivity index (χ2v) is 8.68. The van der Waals surface area contributed by atoms with Gasteiger partial charge in [-0.05, 0) is 68.1 Å². The van der Waals surface area contributed by atoms with Gasteiger partial charge >= 0.3 is 6.09 Å². The van der Waals surface area contributed by atoms with E-state index in [1.807, 2.05) is 30.3 Å². The van der Waals surface area contributed by atoms with Crippen LogP contribution in [0.3, 0.4) is 0 Å². The molecule has 176 valence electrons. The highest BCUT2D eigenvalue weighted by atomic mass is 16.6. The molecular weight excluding hydrogens is 432 g/mol. The van der Waals surface area contributed by atoms with Crippen molar-refractivity contribution in [1.82, 2.24) is 15.2 Å². The van der Waals surface area contributed by atoms with Crippen molar-refractivity contribution in [1.29, 1.82) is 0 Å². The van der Waals surface area contributed by atoms with Gasteiger partial charge in [0.15, 0.2) is 0 Å². The van der Waals surface area contributed by atoms with E-state index in [0.717, 1.165) is 53.9 Å². The number of aryl methyl sites for hydroxylation is 1. The van der Waals surface area contributed by atoms with Gasteiger partial charge in [0.1, 0.15) is 5.76 Å². The zero-order valence-corrected chi connectivity index (χ0v) is 19.0. The van der Waals surface area contributed by atoms with Gasteiger partial charge in [0.05, 0.1) is 5.71 Å². The van der Waals surface area contributed by atoms with Crippen LogP contribution in [0.25, 0.3) is 22.5 Å². The van der Waals surface area contributed by atoms with Crippen molar-refractivity contribution < 1.29 is 19.2 Å². The topological polar surface area (TPSA) is 100 Å². The smallest absolute Gasteiger partial charge is 0.415 e. The molecule has 0 saturated carbocycles. The zero-order valence-electron chi connectivity index (χ0n) is 19.0. The highest BCUT2D eigenvalue weighted by Gasteiger charge is 2.22. The molecule has 8 heteroatoms. The summed E-state index contributed by atoms with van der Waals surface area (Å²) in [5, 5.41) is 15.4. The Morgan fingerprint density at radius 2 is 1.88 bits per heavy atom. The van der Waals surface area contributed by atoms with Crippen LogP contribution in [0, 0.1) is 0 Å². The molecule has 0 radical (unpaired) electrons. The number of fused-ring (bicyclic) bond motifs is 1. The third kappa shape index (κ3) is 4.82. The van der Waals surface area contributed by atoms with Crippen molar-refractivity contribution in [3.8, 4) is 28.4 Å². The van der Waals surface area contributed by atoms with Gasteiger partial charge < -0.3 is 24.6 Å². The molecule has 0 unspecified atom stereocenters. The fourth-order valence-electron chi connectivity index (χ4n) is 4.72. The summed E-state index contributed by atoms with van der Waals surface area (Å²) in [5.41, 5.74) is 5.33. The Balaban J connectivity index is 1.35. The lowest BCUT2D eigenvalue weighted by Gasteiger charge is -2.26. The average Bonchev–Trinajstić information content (AvgIpc) is 3.49. The number of nitrogens with one attached hydrogen (secondary N) is 1. The minimum atomic E-state index is -0.531. The number of hydrogen-bond acceptors (Lipinski definition) is 7. The van der Waals surface area contributed by atoms with Gasteiger partial charge in [-0.25, -0.2) is 4.79 Å². The Morgan fingerprint density at radius 3 is 2.68 bits per heavy atom. The molecule has 34 heavy (non-hydrogen) atoms. The highest BCUT2D eigenvalue weighted by Crippen LogP contribution is 2.39. The van der Waals surface area contributed by atoms with Gasteiger partial charge in [0.25, 0.3) is 5.95 Å². The molecule has 1 saturated heterocycles. The van der Waals surface area contributed by atoms with E-state index in [9.17, 15) is 10.0 Å². The number of aromatic nitrogens is 1. The maximum atomic E-state index is 12.4. The molecule has 0 spiro atoms. The SMILES string of the molecule is O=C(NCCN1CCCCC1)Oc1cc(-c2ccncc2)c(-c2ccc3c(c2)CCC3=NO)o1. The van der Waals surface area contributed by atoms with Crippen molar-refractivity contribution in [2.75, 3.05) is 26.2 Å². The number of piperidine rings is 1. The number of ether oxygens (including phenoxy) is 1. The summed E-state index contributed by atoms with van der Waals surface area (Å²) in [6.45, 7) is 3.51. The number of carbonyl (C=O) groups is 1. The van der Waals surface area contributed by atoms with Crippen LogP contribution < -0.4 is 10.1 Å². The van der Waals surface area contributed by atoms with Crippen LogP contribution in [0.15, 0.2) is 58.4 Å². The number of oxime groups is 1. The van der Waals surface area contributed by atoms with E-state index in [0.29, 0.717) is 24.4 Å². The molecular formula is C26H28N4O4. The summed E-state index contributed by atoms with van der Waals surface area (Å²) in [6.07, 6.45) is 8.12. The van der Waals surface area contributed by atoms with Gasteiger partial charge in [0.2, 0.25) is 0 Å². The molecule has 1 aliphatic heterocycles. The monoisotopic (exact) mass is 460 g/mol. The summed E-state index contributed by atoms with van der Waals surface area (Å²) in [4.78, 5) is 18.9. The van der Waals surface area contributed by atoms with Crippen molar-refractivity contribution in [3.05, 3.63) is 59.9 Å². The predicted molar refractivity (Wildman–Crippen MR) is 128 cm³/mol. The highest BCUT2D eigenvalue weighted by molar-refractivity contribution is 6.04. The first-order valence-electron chi connectivity index (χ1n) is 11.8. The number of hydrogen-bond donors (Lipinski definition) is 2. The van der Waals surface area contributed by atoms with Crippen molar-refractivity contribution >= 4 is 11.8 Å². The molecule has 1 fully saturated rings. The average molecular weight is 461 g/mol. The summed E-state index contributed by atoms with van der Waals surface area (Å²) < 4.78 is 11.5. The van der Waals surface area contributed by atoms with E-state index in [1.54, 1.807) is 18.5 Å². The number of benzene rings is 1. The molecule has 1 aromatic carbocycles. The normalized spacial score (nSPS) is 17.0. The third-order valence-electron chi connectivity index (χ3n) is 6.47. The molecule has 1 aliphatic carbocycles. The molecule has 8 nitrogen and oxygen atoms in total. The first kappa shape index (κ1) is 22.2. The van der Waals surface area contributed by atoms with Crippen molar-refractivity contribution in [2.24, 2.45) is 5.16 Å². The lowest BCUT2D eigenvalue weighted by molar-refractivity contribution is 0.182. The fourth-order valence-corrected chi connectivity index (χ4v) is 4.72. The fraction of sp³-hybridized carbons (Fsp3) is 0.346. The van der Waals surface area contributed by atoms with Crippen LogP contribution in [0.4, 0.5) is 4.79 Å². The minimum Gasteiger partial charge on any atom is -0.425 e. The lowest BCUT2D eigenvalue weighted by atomic mass is 10.00. The van der Waals surface area contributed by atoms with Gasteiger partial charge in [-0.15, -0.1) is 0 Å². The Morgan fingerprint density at radius 1 is 1.06 bits per heavy atom. The van der Waals surface area contributed by atoms with E-state index >= 15 is 0 Å². The number of rotatable bonds is 6. The maximum absolute atomic E-state index is 12.4. The zero-order chi connectivity index (χ0) is 23.3. The summed E-state index contributed by atoms with van der Waals surface area (Å²) >= 11 is 0. The van der Waals surface area contributed by atoms with Gasteiger partial charge in [0, 0.05) is 48.2 Å². The van der Waals surface area contributed by atoms with E-state index in [2.05, 4.69) is 20.4 Å². The molecule has 2 aliphatic rings. The lowest BCUT2D eigenvalue weighted by Crippen LogP contribution is -2.38. The van der Waals surface area contributed by atoms with Crippen LogP contribution in [0.1, 0.15) is 36.8 Å². The van der Waals surface area contributed by atoms with Crippen LogP contribution >= 0.6 is 0 Å². The Hall–Kier alpha value is -3.65. The Kier molecular flexibility index (Phi) is 6.58. The standard InChI is InChI=1S/C26H28N4O4/c31-26(28-12-15-30-13-2-1-3-14-30)34-24-17-22(18-8-10-27-11-9-18)25(33-24)20-4-6-21-19(16-20)5-7-23(21)29-32/h4,6,8-11,16-17,32H,1-3,5,7,12-15H2,(H,28,31). The van der Waals surface area contributed by atoms with Crippen LogP contribution in [-0.2, 0) is 6.42 Å². The largest absolute Gasteiger partial charge is 0.425 e. The van der Waals surface area contributed by atoms with Crippen molar-refractivity contribution in [3.63, 3.8) is 0 Å². The van der Waals surface area contributed by atoms with E-state index < -0.39 is 6.09 Å². The molecule has 0 bridgehead atoms. The maximum Gasteiger partial charge on any atom is 0.415 e. The first-order chi connectivity index (χ1) is 16.7. The van der Waals surface area contributed by atoms with Gasteiger partial charge in [-0.1, -0.05) is 23.7 Å². The number of amides is 1. The van der Waals surface area contributed by atoms with E-state index in [4.69, 9.17) is 9.15 Å². The number of nitrogens with zero attached hydrogens (tertiary/aromatic N) is 3. The van der Waals surface area contributed by atoms with Gasteiger partial charge in [-0.3, -0.25) is 4.98 Å². The quantitative estimate of drug-likeness (QED) is 0.408. The molecule has 5 rings (SSSR count). The van der Waals surface area contributed by atoms with Crippen LogP contribution in [-0.4, -0.2) is 53.1 Å². The third-order valence-corrected chi connectivity index (χ3v) is 6.47. The molecule has 3 aromatic rings. The molecule has 2 aromatic heterocycles. The second-order valence-electron chi connectivity index (χ2n) is 8.68. The Labute approximate surface area is 198 Å². The number of carbonyl (C=O) groups excluding carboxylic acids is 1. The number of likely N-dealkylation sites (tertiary alicyclic amines) is 1. The summed E-state index contributed by atoms with van der Waals surface area (Å²) in [6, 6.07) is 11.4. The number of pyridine rings is 1. The first-order valence-corrected chi connectivity index (χ1v) is 11.8. The molecule has 0 atom stereocenters. The predicted octanol–water partition coefficient (Wildman–Crippen LogP) is 4.71. The molecule has 2 N–H and O–H groups in total. The van der Waals surface area contributed by atoms with Crippen LogP contribution in [0.5, 0.6) is 5.95 Å². The van der Waals surface area contributed by atoms with Gasteiger partial charge in [-0.2, -0.15) is 0 Å². The second kappa shape index (κ2) is 10.1. The molecule has 1 amide bonds. The molecule has 3 heterocycles.